The van der Waals surface area contributed by atoms with E-state index in [4.69, 9.17) is 9.84 Å². The van der Waals surface area contributed by atoms with E-state index in [-0.39, 0.29) is 30.6 Å². The molecule has 104 valence electrons. The second-order valence-electron chi connectivity index (χ2n) is 5.33. The summed E-state index contributed by atoms with van der Waals surface area (Å²) < 4.78 is 5.46. The molecular weight excluding hydrogens is 236 g/mol. The van der Waals surface area contributed by atoms with Gasteiger partial charge in [-0.1, -0.05) is 13.8 Å². The fourth-order valence-corrected chi connectivity index (χ4v) is 1.70. The zero-order chi connectivity index (χ0) is 13.8. The molecule has 1 atom stereocenters. The third-order valence-corrected chi connectivity index (χ3v) is 3.19. The molecular formula is C12H22N2O4. The summed E-state index contributed by atoms with van der Waals surface area (Å²) in [4.78, 5) is 22.5. The van der Waals surface area contributed by atoms with Crippen LogP contribution in [0.5, 0.6) is 0 Å². The Bertz CT molecular complexity index is 313. The number of hydrogen-bond donors (Lipinski definition) is 3. The standard InChI is InChI=1S/C12H22N2O4/c1-8(2)9(11(16)17)4-14-10(15)5-18-12(3)6-13-7-12/h8-9,13H,4-7H2,1-3H3,(H,14,15)(H,16,17). The van der Waals surface area contributed by atoms with E-state index in [0.717, 1.165) is 13.1 Å². The van der Waals surface area contributed by atoms with Crippen molar-refractivity contribution < 1.29 is 19.4 Å². The second kappa shape index (κ2) is 6.15. The Morgan fingerprint density at radius 3 is 2.44 bits per heavy atom. The van der Waals surface area contributed by atoms with Crippen molar-refractivity contribution in [1.29, 1.82) is 0 Å². The lowest BCUT2D eigenvalue weighted by molar-refractivity contribution is -0.143. The predicted molar refractivity (Wildman–Crippen MR) is 66.2 cm³/mol. The lowest BCUT2D eigenvalue weighted by atomic mass is 9.96. The number of carboxylic acid groups (broad SMARTS) is 1. The van der Waals surface area contributed by atoms with Crippen LogP contribution in [0.2, 0.25) is 0 Å². The van der Waals surface area contributed by atoms with Gasteiger partial charge in [-0.05, 0) is 12.8 Å². The molecule has 0 aliphatic carbocycles. The van der Waals surface area contributed by atoms with E-state index < -0.39 is 11.9 Å². The number of amides is 1. The zero-order valence-corrected chi connectivity index (χ0v) is 11.2. The first-order valence-electron chi connectivity index (χ1n) is 6.18. The molecule has 1 rings (SSSR count). The first-order valence-corrected chi connectivity index (χ1v) is 6.18. The van der Waals surface area contributed by atoms with Crippen LogP contribution in [0.3, 0.4) is 0 Å². The van der Waals surface area contributed by atoms with Crippen LogP contribution in [0.4, 0.5) is 0 Å². The van der Waals surface area contributed by atoms with E-state index in [1.165, 1.54) is 0 Å². The van der Waals surface area contributed by atoms with E-state index >= 15 is 0 Å². The summed E-state index contributed by atoms with van der Waals surface area (Å²) in [6.45, 7) is 7.18. The number of carbonyl (C=O) groups excluding carboxylic acids is 1. The minimum Gasteiger partial charge on any atom is -0.481 e. The van der Waals surface area contributed by atoms with Crippen LogP contribution in [0.1, 0.15) is 20.8 Å². The maximum atomic E-state index is 11.5. The van der Waals surface area contributed by atoms with Gasteiger partial charge in [-0.2, -0.15) is 0 Å². The van der Waals surface area contributed by atoms with Gasteiger partial charge >= 0.3 is 5.97 Å². The highest BCUT2D eigenvalue weighted by atomic mass is 16.5. The van der Waals surface area contributed by atoms with Crippen LogP contribution in [0.15, 0.2) is 0 Å². The number of rotatable bonds is 7. The van der Waals surface area contributed by atoms with Crippen molar-refractivity contribution in [3.05, 3.63) is 0 Å². The van der Waals surface area contributed by atoms with Crippen molar-refractivity contribution >= 4 is 11.9 Å². The second-order valence-corrected chi connectivity index (χ2v) is 5.33. The van der Waals surface area contributed by atoms with Crippen LogP contribution in [0.25, 0.3) is 0 Å². The normalized spacial score (nSPS) is 19.1. The number of nitrogens with one attached hydrogen (secondary N) is 2. The smallest absolute Gasteiger partial charge is 0.308 e. The van der Waals surface area contributed by atoms with Gasteiger partial charge in [-0.3, -0.25) is 9.59 Å². The van der Waals surface area contributed by atoms with Crippen molar-refractivity contribution in [2.45, 2.75) is 26.4 Å². The van der Waals surface area contributed by atoms with Gasteiger partial charge in [-0.15, -0.1) is 0 Å². The molecule has 0 saturated carbocycles. The first-order chi connectivity index (χ1) is 8.34. The summed E-state index contributed by atoms with van der Waals surface area (Å²) in [6.07, 6.45) is 0. The highest BCUT2D eigenvalue weighted by Crippen LogP contribution is 2.14. The number of hydrogen-bond acceptors (Lipinski definition) is 4. The van der Waals surface area contributed by atoms with Crippen molar-refractivity contribution in [3.8, 4) is 0 Å². The maximum absolute atomic E-state index is 11.5. The first kappa shape index (κ1) is 14.9. The average Bonchev–Trinajstić information content (AvgIpc) is 2.23. The quantitative estimate of drug-likeness (QED) is 0.590. The molecule has 0 spiro atoms. The van der Waals surface area contributed by atoms with Crippen LogP contribution in [-0.2, 0) is 14.3 Å². The van der Waals surface area contributed by atoms with Crippen molar-refractivity contribution in [1.82, 2.24) is 10.6 Å². The van der Waals surface area contributed by atoms with Crippen LogP contribution >= 0.6 is 0 Å². The molecule has 1 heterocycles. The third kappa shape index (κ3) is 4.27. The minimum atomic E-state index is -0.888. The summed E-state index contributed by atoms with van der Waals surface area (Å²) in [5, 5.41) is 14.6. The Morgan fingerprint density at radius 1 is 1.44 bits per heavy atom. The summed E-state index contributed by atoms with van der Waals surface area (Å²) in [5.74, 6) is -1.73. The fourth-order valence-electron chi connectivity index (χ4n) is 1.70. The molecule has 0 radical (unpaired) electrons. The van der Waals surface area contributed by atoms with Crippen LogP contribution in [0, 0.1) is 11.8 Å². The van der Waals surface area contributed by atoms with Gasteiger partial charge in [0.25, 0.3) is 0 Å². The van der Waals surface area contributed by atoms with Gasteiger partial charge in [0.2, 0.25) is 5.91 Å². The summed E-state index contributed by atoms with van der Waals surface area (Å²) in [5.41, 5.74) is -0.262. The third-order valence-electron chi connectivity index (χ3n) is 3.19. The lowest BCUT2D eigenvalue weighted by Gasteiger charge is -2.38. The van der Waals surface area contributed by atoms with E-state index in [1.54, 1.807) is 0 Å². The molecule has 6 nitrogen and oxygen atoms in total. The molecule has 1 fully saturated rings. The highest BCUT2D eigenvalue weighted by molar-refractivity contribution is 5.78. The molecule has 18 heavy (non-hydrogen) atoms. The van der Waals surface area contributed by atoms with Crippen LogP contribution < -0.4 is 10.6 Å². The Balaban J connectivity index is 2.25. The van der Waals surface area contributed by atoms with Gasteiger partial charge in [0.15, 0.2) is 0 Å². The topological polar surface area (TPSA) is 87.7 Å². The molecule has 1 aliphatic heterocycles. The van der Waals surface area contributed by atoms with Gasteiger partial charge in [-0.25, -0.2) is 0 Å². The van der Waals surface area contributed by atoms with Crippen molar-refractivity contribution in [3.63, 3.8) is 0 Å². The Labute approximate surface area is 107 Å². The Morgan fingerprint density at radius 2 is 2.06 bits per heavy atom. The van der Waals surface area contributed by atoms with Crippen LogP contribution in [-0.4, -0.2) is 48.8 Å². The Kier molecular flexibility index (Phi) is 5.10. The number of carboxylic acids is 1. The van der Waals surface area contributed by atoms with E-state index in [0.29, 0.717) is 0 Å². The summed E-state index contributed by atoms with van der Waals surface area (Å²) in [6, 6.07) is 0. The van der Waals surface area contributed by atoms with Gasteiger partial charge < -0.3 is 20.5 Å². The van der Waals surface area contributed by atoms with Gasteiger partial charge in [0.05, 0.1) is 11.5 Å². The molecule has 0 aromatic heterocycles. The number of aliphatic carboxylic acids is 1. The Hall–Kier alpha value is -1.14. The lowest BCUT2D eigenvalue weighted by Crippen LogP contribution is -2.59. The van der Waals surface area contributed by atoms with Gasteiger partial charge in [0.1, 0.15) is 6.61 Å². The highest BCUT2D eigenvalue weighted by Gasteiger charge is 2.33. The SMILES string of the molecule is CC(C)C(CNC(=O)COC1(C)CNC1)C(=O)O. The largest absolute Gasteiger partial charge is 0.481 e. The van der Waals surface area contributed by atoms with Gasteiger partial charge in [0, 0.05) is 19.6 Å². The monoisotopic (exact) mass is 258 g/mol. The fraction of sp³-hybridized carbons (Fsp3) is 0.833. The molecule has 6 heteroatoms. The average molecular weight is 258 g/mol. The molecule has 1 amide bonds. The van der Waals surface area contributed by atoms with E-state index in [9.17, 15) is 9.59 Å². The van der Waals surface area contributed by atoms with E-state index in [1.807, 2.05) is 20.8 Å². The zero-order valence-electron chi connectivity index (χ0n) is 11.2. The maximum Gasteiger partial charge on any atom is 0.308 e. The van der Waals surface area contributed by atoms with Crippen molar-refractivity contribution in [2.24, 2.45) is 11.8 Å². The molecule has 0 aromatic rings. The molecule has 1 aliphatic rings. The molecule has 3 N–H and O–H groups in total. The van der Waals surface area contributed by atoms with E-state index in [2.05, 4.69) is 10.6 Å². The minimum absolute atomic E-state index is 0.0166. The molecule has 0 aromatic carbocycles. The van der Waals surface area contributed by atoms with Crippen molar-refractivity contribution in [2.75, 3.05) is 26.2 Å². The molecule has 1 saturated heterocycles. The number of carbonyl (C=O) groups is 2. The predicted octanol–water partition coefficient (Wildman–Crippen LogP) is -0.162. The molecule has 1 unspecified atom stereocenters. The molecule has 0 bridgehead atoms. The summed E-state index contributed by atoms with van der Waals surface area (Å²) >= 11 is 0. The number of ether oxygens (including phenoxy) is 1. The summed E-state index contributed by atoms with van der Waals surface area (Å²) in [7, 11) is 0.